The van der Waals surface area contributed by atoms with Crippen molar-refractivity contribution in [3.8, 4) is 0 Å². The van der Waals surface area contributed by atoms with E-state index in [2.05, 4.69) is 16.0 Å². The number of halogens is 1. The van der Waals surface area contributed by atoms with Crippen LogP contribution in [0.15, 0.2) is 24.3 Å². The molecule has 0 unspecified atom stereocenters. The molecule has 0 radical (unpaired) electrons. The predicted octanol–water partition coefficient (Wildman–Crippen LogP) is 1.53. The van der Waals surface area contributed by atoms with Crippen LogP contribution < -0.4 is 21.7 Å². The maximum Gasteiger partial charge on any atom is 0.321 e. The Bertz CT molecular complexity index is 601. The van der Waals surface area contributed by atoms with Crippen LogP contribution in [-0.4, -0.2) is 48.9 Å². The van der Waals surface area contributed by atoms with Gasteiger partial charge in [0.25, 0.3) is 0 Å². The molecule has 9 heteroatoms. The van der Waals surface area contributed by atoms with E-state index in [1.807, 2.05) is 4.90 Å². The van der Waals surface area contributed by atoms with Crippen molar-refractivity contribution in [2.75, 3.05) is 36.8 Å². The van der Waals surface area contributed by atoms with Crippen molar-refractivity contribution < 1.29 is 14.4 Å². The van der Waals surface area contributed by atoms with Gasteiger partial charge in [0.1, 0.15) is 0 Å². The third-order valence-corrected chi connectivity index (χ3v) is 3.94. The normalized spacial score (nSPS) is 13.8. The summed E-state index contributed by atoms with van der Waals surface area (Å²) in [6.07, 6.45) is 4.42. The van der Waals surface area contributed by atoms with Gasteiger partial charge < -0.3 is 26.6 Å². The van der Waals surface area contributed by atoms with Crippen molar-refractivity contribution in [1.82, 2.24) is 10.2 Å². The molecule has 1 aliphatic heterocycles. The summed E-state index contributed by atoms with van der Waals surface area (Å²) in [6, 6.07) is 6.75. The average molecular weight is 384 g/mol. The van der Waals surface area contributed by atoms with E-state index in [9.17, 15) is 14.4 Å². The van der Waals surface area contributed by atoms with E-state index in [0.717, 1.165) is 25.9 Å². The zero-order valence-corrected chi connectivity index (χ0v) is 15.4. The summed E-state index contributed by atoms with van der Waals surface area (Å²) in [4.78, 5) is 36.8. The van der Waals surface area contributed by atoms with E-state index >= 15 is 0 Å². The highest BCUT2D eigenvalue weighted by Crippen LogP contribution is 2.15. The summed E-state index contributed by atoms with van der Waals surface area (Å²) in [6.45, 7) is 1.28. The third kappa shape index (κ3) is 7.28. The first-order chi connectivity index (χ1) is 12.1. The lowest BCUT2D eigenvalue weighted by molar-refractivity contribution is -0.123. The smallest absolute Gasteiger partial charge is 0.321 e. The van der Waals surface area contributed by atoms with Crippen LogP contribution >= 0.6 is 12.4 Å². The molecular formula is C17H26ClN5O3. The van der Waals surface area contributed by atoms with Crippen molar-refractivity contribution in [2.45, 2.75) is 25.7 Å². The minimum absolute atomic E-state index is 0. The summed E-state index contributed by atoms with van der Waals surface area (Å²) in [5.41, 5.74) is 6.40. The van der Waals surface area contributed by atoms with E-state index in [1.54, 1.807) is 24.3 Å². The molecule has 0 atom stereocenters. The van der Waals surface area contributed by atoms with E-state index < -0.39 is 0 Å². The molecule has 5 N–H and O–H groups in total. The molecule has 4 amide bonds. The van der Waals surface area contributed by atoms with E-state index in [-0.39, 0.29) is 43.3 Å². The first-order valence-electron chi connectivity index (χ1n) is 8.51. The highest BCUT2D eigenvalue weighted by Gasteiger charge is 2.15. The quantitative estimate of drug-likeness (QED) is 0.616. The number of hydrogen-bond donors (Lipinski definition) is 4. The Morgan fingerprint density at radius 1 is 0.885 bits per heavy atom. The van der Waals surface area contributed by atoms with Crippen LogP contribution in [0.1, 0.15) is 25.7 Å². The van der Waals surface area contributed by atoms with Gasteiger partial charge in [0.05, 0.1) is 13.1 Å². The Kier molecular flexibility index (Phi) is 9.46. The number of carbonyl (C=O) groups excluding carboxylic acids is 3. The monoisotopic (exact) mass is 383 g/mol. The molecule has 0 aliphatic carbocycles. The molecule has 1 aromatic carbocycles. The van der Waals surface area contributed by atoms with Crippen molar-refractivity contribution in [1.29, 1.82) is 0 Å². The van der Waals surface area contributed by atoms with E-state index in [1.165, 1.54) is 12.8 Å². The van der Waals surface area contributed by atoms with Crippen molar-refractivity contribution in [3.63, 3.8) is 0 Å². The molecule has 0 spiro atoms. The maximum atomic E-state index is 12.3. The number of nitrogens with one attached hydrogen (secondary N) is 3. The fourth-order valence-electron chi connectivity index (χ4n) is 2.57. The van der Waals surface area contributed by atoms with Crippen LogP contribution in [0.5, 0.6) is 0 Å². The number of amides is 4. The highest BCUT2D eigenvalue weighted by atomic mass is 35.5. The number of nitrogens with zero attached hydrogens (tertiary/aromatic N) is 1. The van der Waals surface area contributed by atoms with Crippen molar-refractivity contribution >= 4 is 41.6 Å². The van der Waals surface area contributed by atoms with Crippen LogP contribution in [0.3, 0.4) is 0 Å². The second kappa shape index (κ2) is 11.3. The van der Waals surface area contributed by atoms with Crippen LogP contribution in [0, 0.1) is 0 Å². The first-order valence-corrected chi connectivity index (χ1v) is 8.51. The molecule has 1 aromatic rings. The molecular weight excluding hydrogens is 358 g/mol. The Balaban J connectivity index is 0.00000338. The number of urea groups is 1. The minimum atomic E-state index is -0.387. The number of nitrogens with two attached hydrogens (primary N) is 1. The van der Waals surface area contributed by atoms with Crippen molar-refractivity contribution in [3.05, 3.63) is 24.3 Å². The summed E-state index contributed by atoms with van der Waals surface area (Å²) in [7, 11) is 0. The second-order valence-electron chi connectivity index (χ2n) is 5.94. The number of benzene rings is 1. The Hall–Kier alpha value is -2.32. The number of rotatable bonds is 5. The molecule has 0 aromatic heterocycles. The summed E-state index contributed by atoms with van der Waals surface area (Å²) in [5, 5.41) is 7.92. The first kappa shape index (κ1) is 21.7. The topological polar surface area (TPSA) is 117 Å². The van der Waals surface area contributed by atoms with Gasteiger partial charge in [-0.15, -0.1) is 12.4 Å². The van der Waals surface area contributed by atoms with Gasteiger partial charge in [0.15, 0.2) is 0 Å². The van der Waals surface area contributed by atoms with Gasteiger partial charge in [-0.3, -0.25) is 9.59 Å². The molecule has 1 fully saturated rings. The molecule has 144 valence electrons. The number of likely N-dealkylation sites (tertiary alicyclic amines) is 1. The average Bonchev–Trinajstić information content (AvgIpc) is 2.91. The lowest BCUT2D eigenvalue weighted by Gasteiger charge is -2.20. The fourth-order valence-corrected chi connectivity index (χ4v) is 2.57. The molecule has 0 saturated carbocycles. The number of anilines is 2. The third-order valence-electron chi connectivity index (χ3n) is 3.94. The molecule has 1 heterocycles. The summed E-state index contributed by atoms with van der Waals surface area (Å²) >= 11 is 0. The molecule has 0 bridgehead atoms. The lowest BCUT2D eigenvalue weighted by Crippen LogP contribution is -2.36. The fraction of sp³-hybridized carbons (Fsp3) is 0.471. The maximum absolute atomic E-state index is 12.3. The zero-order chi connectivity index (χ0) is 18.1. The van der Waals surface area contributed by atoms with Crippen molar-refractivity contribution in [2.24, 2.45) is 5.73 Å². The van der Waals surface area contributed by atoms with Crippen LogP contribution in [0.2, 0.25) is 0 Å². The molecule has 26 heavy (non-hydrogen) atoms. The largest absolute Gasteiger partial charge is 0.346 e. The highest BCUT2D eigenvalue weighted by molar-refractivity contribution is 5.95. The standard InChI is InChI=1S/C17H25N5O3.ClH/c18-11-15(23)19-12-16(24)20-13-5-7-14(8-6-13)21-17(25)22-9-3-1-2-4-10-22;/h5-8H,1-4,9-12,18H2,(H,19,23)(H,20,24)(H,21,25);1H. The Labute approximate surface area is 159 Å². The number of carbonyl (C=O) groups is 3. The van der Waals surface area contributed by atoms with E-state index in [0.29, 0.717) is 11.4 Å². The van der Waals surface area contributed by atoms with Gasteiger partial charge in [0, 0.05) is 24.5 Å². The van der Waals surface area contributed by atoms with Crippen LogP contribution in [-0.2, 0) is 9.59 Å². The van der Waals surface area contributed by atoms with E-state index in [4.69, 9.17) is 5.73 Å². The van der Waals surface area contributed by atoms with Gasteiger partial charge in [0.2, 0.25) is 11.8 Å². The summed E-state index contributed by atoms with van der Waals surface area (Å²) < 4.78 is 0. The van der Waals surface area contributed by atoms with Crippen LogP contribution in [0.4, 0.5) is 16.2 Å². The summed E-state index contributed by atoms with van der Waals surface area (Å²) in [5.74, 6) is -0.732. The van der Waals surface area contributed by atoms with Gasteiger partial charge in [-0.25, -0.2) is 4.79 Å². The van der Waals surface area contributed by atoms with Gasteiger partial charge >= 0.3 is 6.03 Å². The predicted molar refractivity (Wildman–Crippen MR) is 103 cm³/mol. The number of hydrogen-bond acceptors (Lipinski definition) is 4. The zero-order valence-electron chi connectivity index (χ0n) is 14.6. The molecule has 1 saturated heterocycles. The van der Waals surface area contributed by atoms with Gasteiger partial charge in [-0.2, -0.15) is 0 Å². The second-order valence-corrected chi connectivity index (χ2v) is 5.94. The molecule has 8 nitrogen and oxygen atoms in total. The minimum Gasteiger partial charge on any atom is -0.346 e. The molecule has 2 rings (SSSR count). The molecule has 1 aliphatic rings. The Morgan fingerprint density at radius 3 is 1.96 bits per heavy atom. The van der Waals surface area contributed by atoms with Gasteiger partial charge in [-0.05, 0) is 37.1 Å². The van der Waals surface area contributed by atoms with Gasteiger partial charge in [-0.1, -0.05) is 12.8 Å². The SMILES string of the molecule is Cl.NCC(=O)NCC(=O)Nc1ccc(NC(=O)N2CCCCCC2)cc1. The van der Waals surface area contributed by atoms with Crippen LogP contribution in [0.25, 0.3) is 0 Å². The Morgan fingerprint density at radius 2 is 1.42 bits per heavy atom. The lowest BCUT2D eigenvalue weighted by atomic mass is 10.2.